The summed E-state index contributed by atoms with van der Waals surface area (Å²) < 4.78 is 5.60. The van der Waals surface area contributed by atoms with Gasteiger partial charge in [0.25, 0.3) is 0 Å². The molecule has 0 atom stereocenters. The summed E-state index contributed by atoms with van der Waals surface area (Å²) in [7, 11) is 0. The number of anilines is 1. The van der Waals surface area contributed by atoms with Crippen molar-refractivity contribution in [1.29, 1.82) is 0 Å². The molecular formula is C9H6BrCl2NO2. The predicted molar refractivity (Wildman–Crippen MR) is 66.9 cm³/mol. The van der Waals surface area contributed by atoms with Gasteiger partial charge in [0, 0.05) is 22.2 Å². The van der Waals surface area contributed by atoms with Crippen LogP contribution in [0.4, 0.5) is 5.69 Å². The lowest BCUT2D eigenvalue weighted by Crippen LogP contribution is -2.00. The monoisotopic (exact) mass is 309 g/mol. The summed E-state index contributed by atoms with van der Waals surface area (Å²) in [6.07, 6.45) is 0. The first-order valence-electron chi connectivity index (χ1n) is 3.76. The Kier molecular flexibility index (Phi) is 3.65. The van der Waals surface area contributed by atoms with Crippen molar-refractivity contribution in [3.63, 3.8) is 0 Å². The number of fused-ring (bicyclic) bond motifs is 1. The standard InChI is InChI=1S/C9H5BrClNO2.ClH/c10-6-2-4(11)1-5-7(12)3-8(13)14-9(5)6;/h1-3H,12H2;1H. The quantitative estimate of drug-likeness (QED) is 0.760. The molecule has 0 aliphatic carbocycles. The van der Waals surface area contributed by atoms with Crippen LogP contribution in [0, 0.1) is 0 Å². The summed E-state index contributed by atoms with van der Waals surface area (Å²) >= 11 is 9.07. The second-order valence-corrected chi connectivity index (χ2v) is 4.08. The zero-order valence-corrected chi connectivity index (χ0v) is 10.4. The highest BCUT2D eigenvalue weighted by Gasteiger charge is 2.07. The lowest BCUT2D eigenvalue weighted by atomic mass is 10.2. The van der Waals surface area contributed by atoms with Crippen LogP contribution in [-0.2, 0) is 0 Å². The van der Waals surface area contributed by atoms with Crippen LogP contribution < -0.4 is 11.4 Å². The molecule has 2 N–H and O–H groups in total. The van der Waals surface area contributed by atoms with Gasteiger partial charge in [0.05, 0.1) is 4.47 Å². The van der Waals surface area contributed by atoms with Crippen LogP contribution >= 0.6 is 39.9 Å². The largest absolute Gasteiger partial charge is 0.421 e. The predicted octanol–water partition coefficient (Wildman–Crippen LogP) is 3.21. The summed E-state index contributed by atoms with van der Waals surface area (Å²) in [5, 5.41) is 1.16. The summed E-state index contributed by atoms with van der Waals surface area (Å²) in [5.74, 6) is 0. The fourth-order valence-electron chi connectivity index (χ4n) is 1.21. The van der Waals surface area contributed by atoms with Crippen LogP contribution in [-0.4, -0.2) is 0 Å². The fourth-order valence-corrected chi connectivity index (χ4v) is 2.10. The molecule has 15 heavy (non-hydrogen) atoms. The Morgan fingerprint density at radius 2 is 2.00 bits per heavy atom. The summed E-state index contributed by atoms with van der Waals surface area (Å²) in [4.78, 5) is 11.0. The lowest BCUT2D eigenvalue weighted by Gasteiger charge is -2.02. The molecule has 0 aliphatic rings. The van der Waals surface area contributed by atoms with Gasteiger partial charge in [-0.1, -0.05) is 11.6 Å². The Morgan fingerprint density at radius 1 is 1.33 bits per heavy atom. The SMILES string of the molecule is Cl.Nc1cc(=O)oc2c(Br)cc(Cl)cc12. The molecule has 0 bridgehead atoms. The maximum absolute atomic E-state index is 11.0. The highest BCUT2D eigenvalue weighted by molar-refractivity contribution is 9.10. The molecule has 0 fully saturated rings. The average Bonchev–Trinajstić information content (AvgIpc) is 2.07. The normalized spacial score (nSPS) is 10.0. The molecule has 0 saturated carbocycles. The van der Waals surface area contributed by atoms with E-state index >= 15 is 0 Å². The molecule has 0 saturated heterocycles. The number of nitrogens with two attached hydrogens (primary N) is 1. The van der Waals surface area contributed by atoms with Crippen molar-refractivity contribution in [2.45, 2.75) is 0 Å². The third kappa shape index (κ3) is 2.27. The first-order chi connectivity index (χ1) is 6.58. The maximum Gasteiger partial charge on any atom is 0.338 e. The van der Waals surface area contributed by atoms with E-state index in [1.807, 2.05) is 0 Å². The van der Waals surface area contributed by atoms with Crippen molar-refractivity contribution in [2.75, 3.05) is 5.73 Å². The highest BCUT2D eigenvalue weighted by atomic mass is 79.9. The fraction of sp³-hybridized carbons (Fsp3) is 0. The van der Waals surface area contributed by atoms with Gasteiger partial charge in [0.2, 0.25) is 0 Å². The van der Waals surface area contributed by atoms with Crippen LogP contribution in [0.5, 0.6) is 0 Å². The molecule has 80 valence electrons. The third-order valence-corrected chi connectivity index (χ3v) is 2.60. The van der Waals surface area contributed by atoms with E-state index in [0.29, 0.717) is 26.2 Å². The maximum atomic E-state index is 11.0. The van der Waals surface area contributed by atoms with Crippen LogP contribution in [0.25, 0.3) is 11.0 Å². The van der Waals surface area contributed by atoms with Gasteiger partial charge in [-0.3, -0.25) is 0 Å². The zero-order chi connectivity index (χ0) is 10.3. The van der Waals surface area contributed by atoms with Crippen LogP contribution in [0.2, 0.25) is 5.02 Å². The highest BCUT2D eigenvalue weighted by Crippen LogP contribution is 2.30. The number of hydrogen-bond donors (Lipinski definition) is 1. The Hall–Kier alpha value is -0.710. The number of hydrogen-bond acceptors (Lipinski definition) is 3. The topological polar surface area (TPSA) is 56.2 Å². The molecule has 2 aromatic rings. The first-order valence-corrected chi connectivity index (χ1v) is 4.93. The smallest absolute Gasteiger partial charge is 0.338 e. The Balaban J connectivity index is 0.00000112. The first kappa shape index (κ1) is 12.4. The van der Waals surface area contributed by atoms with E-state index in [4.69, 9.17) is 21.8 Å². The van der Waals surface area contributed by atoms with E-state index in [0.717, 1.165) is 0 Å². The van der Waals surface area contributed by atoms with E-state index in [1.165, 1.54) is 6.07 Å². The van der Waals surface area contributed by atoms with Gasteiger partial charge in [-0.05, 0) is 28.1 Å². The van der Waals surface area contributed by atoms with E-state index in [1.54, 1.807) is 12.1 Å². The molecule has 1 heterocycles. The molecule has 2 rings (SSSR count). The number of halogens is 3. The van der Waals surface area contributed by atoms with Gasteiger partial charge in [-0.15, -0.1) is 12.4 Å². The summed E-state index contributed by atoms with van der Waals surface area (Å²) in [6.45, 7) is 0. The van der Waals surface area contributed by atoms with E-state index in [-0.39, 0.29) is 12.4 Å². The Morgan fingerprint density at radius 3 is 2.67 bits per heavy atom. The lowest BCUT2D eigenvalue weighted by molar-refractivity contribution is 0.560. The van der Waals surface area contributed by atoms with E-state index in [9.17, 15) is 4.79 Å². The van der Waals surface area contributed by atoms with Crippen LogP contribution in [0.1, 0.15) is 0 Å². The molecule has 1 aromatic heterocycles. The molecule has 0 radical (unpaired) electrons. The van der Waals surface area contributed by atoms with Crippen LogP contribution in [0.3, 0.4) is 0 Å². The second kappa shape index (κ2) is 4.43. The third-order valence-electron chi connectivity index (χ3n) is 1.80. The van der Waals surface area contributed by atoms with Gasteiger partial charge in [0.15, 0.2) is 5.58 Å². The van der Waals surface area contributed by atoms with Gasteiger partial charge < -0.3 is 10.2 Å². The van der Waals surface area contributed by atoms with E-state index in [2.05, 4.69) is 15.9 Å². The van der Waals surface area contributed by atoms with Crippen molar-refractivity contribution < 1.29 is 4.42 Å². The molecule has 1 aromatic carbocycles. The molecule has 3 nitrogen and oxygen atoms in total. The van der Waals surface area contributed by atoms with Gasteiger partial charge in [0.1, 0.15) is 0 Å². The van der Waals surface area contributed by atoms with Gasteiger partial charge in [-0.2, -0.15) is 0 Å². The number of benzene rings is 1. The molecule has 0 aliphatic heterocycles. The average molecular weight is 311 g/mol. The molecule has 6 heteroatoms. The minimum Gasteiger partial charge on any atom is -0.421 e. The summed E-state index contributed by atoms with van der Waals surface area (Å²) in [5.41, 5.74) is 5.96. The van der Waals surface area contributed by atoms with Gasteiger partial charge in [-0.25, -0.2) is 4.79 Å². The van der Waals surface area contributed by atoms with Crippen molar-refractivity contribution >= 4 is 56.6 Å². The van der Waals surface area contributed by atoms with Crippen molar-refractivity contribution in [2.24, 2.45) is 0 Å². The molecule has 0 spiro atoms. The minimum absolute atomic E-state index is 0. The van der Waals surface area contributed by atoms with Crippen molar-refractivity contribution in [3.8, 4) is 0 Å². The summed E-state index contributed by atoms with van der Waals surface area (Å²) in [6, 6.07) is 4.53. The number of nitrogen functional groups attached to an aromatic ring is 1. The van der Waals surface area contributed by atoms with Crippen molar-refractivity contribution in [3.05, 3.63) is 38.1 Å². The molecular weight excluding hydrogens is 305 g/mol. The molecule has 0 amide bonds. The molecule has 0 unspecified atom stereocenters. The Labute approximate surface area is 105 Å². The van der Waals surface area contributed by atoms with Crippen molar-refractivity contribution in [1.82, 2.24) is 0 Å². The zero-order valence-electron chi connectivity index (χ0n) is 7.29. The van der Waals surface area contributed by atoms with E-state index < -0.39 is 5.63 Å². The minimum atomic E-state index is -0.474. The second-order valence-electron chi connectivity index (χ2n) is 2.79. The number of rotatable bonds is 0. The van der Waals surface area contributed by atoms with Crippen LogP contribution in [0.15, 0.2) is 31.9 Å². The van der Waals surface area contributed by atoms with Gasteiger partial charge >= 0.3 is 5.63 Å². The Bertz CT molecular complexity index is 568.